The molecule has 0 saturated heterocycles. The molecule has 0 unspecified atom stereocenters. The molecule has 0 radical (unpaired) electrons. The first-order valence-corrected chi connectivity index (χ1v) is 6.43. The van der Waals surface area contributed by atoms with E-state index in [-0.39, 0.29) is 5.75 Å². The highest BCUT2D eigenvalue weighted by Crippen LogP contribution is 2.10. The van der Waals surface area contributed by atoms with Crippen molar-refractivity contribution in [2.75, 3.05) is 5.73 Å². The molecule has 1 aromatic carbocycles. The van der Waals surface area contributed by atoms with Crippen LogP contribution in [0.2, 0.25) is 0 Å². The Bertz CT molecular complexity index is 402. The third-order valence-electron chi connectivity index (χ3n) is 1.42. The molecule has 0 spiro atoms. The van der Waals surface area contributed by atoms with Gasteiger partial charge in [0.05, 0.1) is 0 Å². The van der Waals surface area contributed by atoms with Crippen molar-refractivity contribution in [3.63, 3.8) is 0 Å². The van der Waals surface area contributed by atoms with E-state index < -0.39 is 9.05 Å². The first kappa shape index (κ1) is 10.4. The van der Waals surface area contributed by atoms with E-state index in [9.17, 15) is 4.21 Å². The Balaban J connectivity index is 2.88. The minimum absolute atomic E-state index is 0.221. The van der Waals surface area contributed by atoms with Crippen molar-refractivity contribution >= 4 is 25.1 Å². The summed E-state index contributed by atoms with van der Waals surface area (Å²) < 4.78 is 27.7. The molecule has 0 aliphatic heterocycles. The molecule has 0 atom stereocenters. The van der Waals surface area contributed by atoms with Crippen LogP contribution in [-0.2, 0) is 25.1 Å². The van der Waals surface area contributed by atoms with Crippen LogP contribution < -0.4 is 5.73 Å². The van der Waals surface area contributed by atoms with Gasteiger partial charge >= 0.3 is 9.05 Å². The van der Waals surface area contributed by atoms with Crippen LogP contribution in [0, 0.1) is 0 Å². The van der Waals surface area contributed by atoms with Gasteiger partial charge in [0.1, 0.15) is 0 Å². The number of rotatable bonds is 2. The molecular formula is C7H10NO3S2+. The van der Waals surface area contributed by atoms with Crippen LogP contribution in [0.4, 0.5) is 5.69 Å². The quantitative estimate of drug-likeness (QED) is 0.513. The Labute approximate surface area is 80.1 Å². The van der Waals surface area contributed by atoms with Crippen molar-refractivity contribution in [2.45, 2.75) is 5.75 Å². The second kappa shape index (κ2) is 4.01. The largest absolute Gasteiger partial charge is 0.430 e. The molecule has 0 fully saturated rings. The summed E-state index contributed by atoms with van der Waals surface area (Å²) in [6.45, 7) is 0. The van der Waals surface area contributed by atoms with Gasteiger partial charge in [-0.05, 0) is 6.07 Å². The SMILES string of the molecule is Nc1ccccc1C[S+]=S(=O)(O)O. The van der Waals surface area contributed by atoms with Crippen LogP contribution in [-0.4, -0.2) is 13.3 Å². The molecule has 1 aromatic rings. The molecule has 0 aromatic heterocycles. The standard InChI is InChI=1S/C7H9NO3S2/c8-7-4-2-1-3-6(7)5-12-13(9,10)11/h1-4H,5,8H2,(H-,9,10,11)/p+1. The summed E-state index contributed by atoms with van der Waals surface area (Å²) in [6, 6.07) is 7.00. The zero-order valence-corrected chi connectivity index (χ0v) is 8.35. The summed E-state index contributed by atoms with van der Waals surface area (Å²) >= 11 is 0. The van der Waals surface area contributed by atoms with Gasteiger partial charge in [0.2, 0.25) is 5.75 Å². The zero-order chi connectivity index (χ0) is 9.90. The average molecular weight is 220 g/mol. The summed E-state index contributed by atoms with van der Waals surface area (Å²) in [5.41, 5.74) is 6.87. The van der Waals surface area contributed by atoms with Crippen molar-refractivity contribution < 1.29 is 13.3 Å². The second-order valence-corrected chi connectivity index (χ2v) is 5.84. The first-order valence-electron chi connectivity index (χ1n) is 3.46. The predicted molar refractivity (Wildman–Crippen MR) is 55.3 cm³/mol. The molecule has 0 bridgehead atoms. The van der Waals surface area contributed by atoms with Gasteiger partial charge in [-0.1, -0.05) is 18.2 Å². The summed E-state index contributed by atoms with van der Waals surface area (Å²) in [7, 11) is -3.17. The lowest BCUT2D eigenvalue weighted by Gasteiger charge is -1.94. The number of benzene rings is 1. The van der Waals surface area contributed by atoms with Gasteiger partial charge in [0, 0.05) is 11.3 Å². The number of nitrogens with two attached hydrogens (primary N) is 1. The molecule has 0 heterocycles. The Morgan fingerprint density at radius 1 is 1.38 bits per heavy atom. The zero-order valence-electron chi connectivity index (χ0n) is 6.71. The number of hydrogen-bond donors (Lipinski definition) is 3. The molecule has 1 rings (SSSR count). The maximum absolute atomic E-state index is 10.5. The lowest BCUT2D eigenvalue weighted by Crippen LogP contribution is -1.99. The minimum Gasteiger partial charge on any atom is -0.398 e. The predicted octanol–water partition coefficient (Wildman–Crippen LogP) is 0.997. The van der Waals surface area contributed by atoms with Crippen molar-refractivity contribution in [1.82, 2.24) is 0 Å². The summed E-state index contributed by atoms with van der Waals surface area (Å²) in [5.74, 6) is 0.221. The fraction of sp³-hybridized carbons (Fsp3) is 0.143. The van der Waals surface area contributed by atoms with E-state index in [4.69, 9.17) is 14.8 Å². The van der Waals surface area contributed by atoms with E-state index in [1.165, 1.54) is 0 Å². The van der Waals surface area contributed by atoms with Gasteiger partial charge in [-0.2, -0.15) is 4.21 Å². The average Bonchev–Trinajstić information content (AvgIpc) is 2.01. The maximum Gasteiger partial charge on any atom is 0.430 e. The van der Waals surface area contributed by atoms with Crippen molar-refractivity contribution in [2.24, 2.45) is 0 Å². The van der Waals surface area contributed by atoms with Gasteiger partial charge in [0.15, 0.2) is 0 Å². The molecule has 0 saturated carbocycles. The fourth-order valence-electron chi connectivity index (χ4n) is 0.806. The van der Waals surface area contributed by atoms with Crippen molar-refractivity contribution in [3.8, 4) is 0 Å². The lowest BCUT2D eigenvalue weighted by molar-refractivity contribution is 0.450. The van der Waals surface area contributed by atoms with Crippen molar-refractivity contribution in [1.29, 1.82) is 0 Å². The van der Waals surface area contributed by atoms with Gasteiger partial charge < -0.3 is 5.73 Å². The third-order valence-corrected chi connectivity index (χ3v) is 3.43. The molecular weight excluding hydrogens is 210 g/mol. The monoisotopic (exact) mass is 220 g/mol. The third kappa shape index (κ3) is 3.69. The molecule has 4 nitrogen and oxygen atoms in total. The minimum atomic E-state index is -3.73. The molecule has 0 aliphatic rings. The number of nitrogen functional groups attached to an aromatic ring is 1. The van der Waals surface area contributed by atoms with E-state index in [2.05, 4.69) is 0 Å². The van der Waals surface area contributed by atoms with Crippen LogP contribution in [0.5, 0.6) is 0 Å². The van der Waals surface area contributed by atoms with Crippen molar-refractivity contribution in [3.05, 3.63) is 29.8 Å². The highest BCUT2D eigenvalue weighted by molar-refractivity contribution is 8.33. The summed E-state index contributed by atoms with van der Waals surface area (Å²) in [6.07, 6.45) is 0. The topological polar surface area (TPSA) is 83.6 Å². The normalized spacial score (nSPS) is 11.2. The molecule has 4 N–H and O–H groups in total. The molecule has 13 heavy (non-hydrogen) atoms. The Morgan fingerprint density at radius 3 is 2.54 bits per heavy atom. The second-order valence-electron chi connectivity index (χ2n) is 2.41. The number of para-hydroxylation sites is 1. The number of anilines is 1. The molecule has 0 aliphatic carbocycles. The highest BCUT2D eigenvalue weighted by Gasteiger charge is 2.11. The van der Waals surface area contributed by atoms with E-state index in [1.54, 1.807) is 24.3 Å². The molecule has 72 valence electrons. The van der Waals surface area contributed by atoms with Crippen LogP contribution >= 0.6 is 0 Å². The van der Waals surface area contributed by atoms with Gasteiger partial charge in [-0.3, -0.25) is 9.11 Å². The van der Waals surface area contributed by atoms with E-state index >= 15 is 0 Å². The lowest BCUT2D eigenvalue weighted by atomic mass is 10.2. The smallest absolute Gasteiger partial charge is 0.398 e. The highest BCUT2D eigenvalue weighted by atomic mass is 32.9. The van der Waals surface area contributed by atoms with E-state index in [0.717, 1.165) is 5.56 Å². The Kier molecular flexibility index (Phi) is 3.21. The van der Waals surface area contributed by atoms with Gasteiger partial charge in [-0.15, -0.1) is 0 Å². The first-order chi connectivity index (χ1) is 5.99. The van der Waals surface area contributed by atoms with Crippen LogP contribution in [0.1, 0.15) is 5.56 Å². The Hall–Kier alpha value is -0.690. The number of hydrogen-bond acceptors (Lipinski definition) is 2. The maximum atomic E-state index is 10.5. The van der Waals surface area contributed by atoms with E-state index in [1.807, 2.05) is 0 Å². The fourth-order valence-corrected chi connectivity index (χ4v) is 2.19. The van der Waals surface area contributed by atoms with Crippen LogP contribution in [0.15, 0.2) is 24.3 Å². The molecule has 6 heteroatoms. The van der Waals surface area contributed by atoms with Crippen LogP contribution in [0.3, 0.4) is 0 Å². The van der Waals surface area contributed by atoms with Gasteiger partial charge in [0.25, 0.3) is 10.3 Å². The summed E-state index contributed by atoms with van der Waals surface area (Å²) in [4.78, 5) is 0. The Morgan fingerprint density at radius 2 is 2.00 bits per heavy atom. The van der Waals surface area contributed by atoms with Crippen LogP contribution in [0.25, 0.3) is 0 Å². The molecule has 0 amide bonds. The van der Waals surface area contributed by atoms with E-state index in [0.29, 0.717) is 16.0 Å². The summed E-state index contributed by atoms with van der Waals surface area (Å²) in [5, 5.41) is 0. The van der Waals surface area contributed by atoms with Gasteiger partial charge in [-0.25, -0.2) is 0 Å².